The molecule has 4 rings (SSSR count). The largest absolute Gasteiger partial charge is 0.385 e. The molecule has 0 spiro atoms. The fourth-order valence-electron chi connectivity index (χ4n) is 4.34. The average molecular weight is 377 g/mol. The predicted molar refractivity (Wildman–Crippen MR) is 114 cm³/mol. The van der Waals surface area contributed by atoms with Gasteiger partial charge in [-0.05, 0) is 61.9 Å². The van der Waals surface area contributed by atoms with E-state index in [2.05, 4.69) is 23.2 Å². The summed E-state index contributed by atoms with van der Waals surface area (Å²) in [4.78, 5) is 22.0. The van der Waals surface area contributed by atoms with E-state index in [-0.39, 0.29) is 5.91 Å². The van der Waals surface area contributed by atoms with Crippen LogP contribution in [0.3, 0.4) is 0 Å². The number of benzene rings is 1. The third-order valence-corrected chi connectivity index (χ3v) is 5.81. The zero-order valence-electron chi connectivity index (χ0n) is 16.7. The van der Waals surface area contributed by atoms with Gasteiger partial charge in [0.1, 0.15) is 5.82 Å². The number of anilines is 1. The number of carbonyl (C=O) groups is 1. The van der Waals surface area contributed by atoms with Crippen LogP contribution < -0.4 is 5.73 Å². The number of aromatic amines is 1. The summed E-state index contributed by atoms with van der Waals surface area (Å²) in [5.41, 5.74) is 14.2. The topological polar surface area (TPSA) is 74.5 Å². The number of hydrogen-bond acceptors (Lipinski definition) is 3. The number of fused-ring (bicyclic) bond motifs is 2. The van der Waals surface area contributed by atoms with Gasteiger partial charge < -0.3 is 15.6 Å². The number of aliphatic imine (C=N–C) groups is 1. The SMILES string of the molecule is C/C=C\C(=Nc1ccc2c(c1)CCCC2)c1c(N)[nH]c2c1CN(C(C)=O)CC2. The van der Waals surface area contributed by atoms with Gasteiger partial charge in [-0.25, -0.2) is 4.99 Å². The van der Waals surface area contributed by atoms with E-state index in [1.807, 2.05) is 24.0 Å². The molecule has 1 amide bonds. The predicted octanol–water partition coefficient (Wildman–Crippen LogP) is 4.08. The lowest BCUT2D eigenvalue weighted by Crippen LogP contribution is -2.34. The minimum Gasteiger partial charge on any atom is -0.385 e. The second kappa shape index (κ2) is 7.66. The van der Waals surface area contributed by atoms with E-state index < -0.39 is 0 Å². The first-order chi connectivity index (χ1) is 13.6. The van der Waals surface area contributed by atoms with Crippen LogP contribution in [-0.4, -0.2) is 28.0 Å². The van der Waals surface area contributed by atoms with Crippen molar-refractivity contribution in [3.05, 3.63) is 58.3 Å². The Morgan fingerprint density at radius 1 is 1.21 bits per heavy atom. The molecule has 1 aliphatic heterocycles. The summed E-state index contributed by atoms with van der Waals surface area (Å²) in [6.45, 7) is 4.91. The third-order valence-electron chi connectivity index (χ3n) is 5.81. The summed E-state index contributed by atoms with van der Waals surface area (Å²) in [5, 5.41) is 0. The first kappa shape index (κ1) is 18.5. The first-order valence-electron chi connectivity index (χ1n) is 10.1. The van der Waals surface area contributed by atoms with Gasteiger partial charge in [-0.2, -0.15) is 0 Å². The van der Waals surface area contributed by atoms with Gasteiger partial charge >= 0.3 is 0 Å². The number of nitrogen functional groups attached to an aromatic ring is 1. The van der Waals surface area contributed by atoms with E-state index in [9.17, 15) is 4.79 Å². The van der Waals surface area contributed by atoms with Gasteiger partial charge in [-0.15, -0.1) is 0 Å². The Balaban J connectivity index is 1.76. The summed E-state index contributed by atoms with van der Waals surface area (Å²) in [6, 6.07) is 6.54. The van der Waals surface area contributed by atoms with Gasteiger partial charge in [0, 0.05) is 43.3 Å². The molecular formula is C23H28N4O. The van der Waals surface area contributed by atoms with Crippen LogP contribution >= 0.6 is 0 Å². The van der Waals surface area contributed by atoms with E-state index in [1.54, 1.807) is 6.92 Å². The lowest BCUT2D eigenvalue weighted by atomic mass is 9.91. The van der Waals surface area contributed by atoms with E-state index >= 15 is 0 Å². The number of H-pyrrole nitrogens is 1. The molecule has 0 unspecified atom stereocenters. The lowest BCUT2D eigenvalue weighted by molar-refractivity contribution is -0.129. The van der Waals surface area contributed by atoms with E-state index in [1.165, 1.54) is 30.4 Å². The monoisotopic (exact) mass is 376 g/mol. The summed E-state index contributed by atoms with van der Waals surface area (Å²) in [7, 11) is 0. The fraction of sp³-hybridized carbons (Fsp3) is 0.391. The number of amides is 1. The Morgan fingerprint density at radius 2 is 2.00 bits per heavy atom. The summed E-state index contributed by atoms with van der Waals surface area (Å²) in [6.07, 6.45) is 9.61. The minimum absolute atomic E-state index is 0.0931. The molecule has 5 nitrogen and oxygen atoms in total. The molecule has 1 aliphatic carbocycles. The second-order valence-electron chi connectivity index (χ2n) is 7.72. The van der Waals surface area contributed by atoms with Crippen LogP contribution in [0.2, 0.25) is 0 Å². The number of nitrogens with two attached hydrogens (primary N) is 1. The molecule has 0 atom stereocenters. The van der Waals surface area contributed by atoms with Crippen LogP contribution in [0.5, 0.6) is 0 Å². The molecule has 2 heterocycles. The van der Waals surface area contributed by atoms with Crippen LogP contribution in [0.15, 0.2) is 35.3 Å². The highest BCUT2D eigenvalue weighted by Crippen LogP contribution is 2.31. The standard InChI is InChI=1S/C23H28N4O/c1-3-6-21(25-18-10-9-16-7-4-5-8-17(16)13-18)22-19-14-27(15(2)28)12-11-20(19)26-23(22)24/h3,6,9-10,13,26H,4-5,7-8,11-12,14,24H2,1-2H3/b6-3-,25-21?. The Bertz CT molecular complexity index is 967. The van der Waals surface area contributed by atoms with Crippen molar-refractivity contribution < 1.29 is 4.79 Å². The normalized spacial score (nSPS) is 16.9. The van der Waals surface area contributed by atoms with Gasteiger partial charge in [0.15, 0.2) is 0 Å². The molecular weight excluding hydrogens is 348 g/mol. The maximum atomic E-state index is 11.9. The van der Waals surface area contributed by atoms with Gasteiger partial charge in [0.25, 0.3) is 0 Å². The minimum atomic E-state index is 0.0931. The number of allylic oxidation sites excluding steroid dienone is 2. The van der Waals surface area contributed by atoms with Crippen LogP contribution in [0, 0.1) is 0 Å². The molecule has 1 aromatic heterocycles. The highest BCUT2D eigenvalue weighted by Gasteiger charge is 2.26. The summed E-state index contributed by atoms with van der Waals surface area (Å²) >= 11 is 0. The Hall–Kier alpha value is -2.82. The maximum absolute atomic E-state index is 11.9. The van der Waals surface area contributed by atoms with Crippen molar-refractivity contribution in [1.29, 1.82) is 0 Å². The zero-order valence-corrected chi connectivity index (χ0v) is 16.7. The Kier molecular flexibility index (Phi) is 5.07. The van der Waals surface area contributed by atoms with Crippen LogP contribution in [0.1, 0.15) is 54.6 Å². The van der Waals surface area contributed by atoms with Crippen LogP contribution in [0.4, 0.5) is 11.5 Å². The Labute approximate surface area is 166 Å². The van der Waals surface area contributed by atoms with Gasteiger partial charge in [0.2, 0.25) is 5.91 Å². The molecule has 0 radical (unpaired) electrons. The highest BCUT2D eigenvalue weighted by atomic mass is 16.2. The lowest BCUT2D eigenvalue weighted by Gasteiger charge is -2.26. The number of aryl methyl sites for hydroxylation is 2. The molecule has 28 heavy (non-hydrogen) atoms. The van der Waals surface area contributed by atoms with Crippen LogP contribution in [-0.2, 0) is 30.6 Å². The molecule has 0 fully saturated rings. The number of aromatic nitrogens is 1. The van der Waals surface area contributed by atoms with Gasteiger partial charge in [-0.3, -0.25) is 4.79 Å². The molecule has 5 heteroatoms. The third kappa shape index (κ3) is 3.49. The van der Waals surface area contributed by atoms with Crippen LogP contribution in [0.25, 0.3) is 0 Å². The van der Waals surface area contributed by atoms with E-state index in [0.29, 0.717) is 12.4 Å². The van der Waals surface area contributed by atoms with E-state index in [4.69, 9.17) is 10.7 Å². The van der Waals surface area contributed by atoms with Crippen molar-refractivity contribution in [2.75, 3.05) is 12.3 Å². The van der Waals surface area contributed by atoms with Gasteiger partial charge in [-0.1, -0.05) is 12.1 Å². The van der Waals surface area contributed by atoms with Crippen molar-refractivity contribution >= 4 is 23.1 Å². The molecule has 0 saturated carbocycles. The van der Waals surface area contributed by atoms with Crippen molar-refractivity contribution in [3.8, 4) is 0 Å². The van der Waals surface area contributed by atoms with Crippen molar-refractivity contribution in [1.82, 2.24) is 9.88 Å². The molecule has 0 saturated heterocycles. The molecule has 2 aliphatic rings. The van der Waals surface area contributed by atoms with E-state index in [0.717, 1.165) is 47.6 Å². The molecule has 146 valence electrons. The number of nitrogens with one attached hydrogen (secondary N) is 1. The summed E-state index contributed by atoms with van der Waals surface area (Å²) < 4.78 is 0. The molecule has 1 aromatic carbocycles. The summed E-state index contributed by atoms with van der Waals surface area (Å²) in [5.74, 6) is 0.723. The maximum Gasteiger partial charge on any atom is 0.219 e. The zero-order chi connectivity index (χ0) is 19.7. The first-order valence-corrected chi connectivity index (χ1v) is 10.1. The average Bonchev–Trinajstić information content (AvgIpc) is 3.02. The molecule has 2 aromatic rings. The van der Waals surface area contributed by atoms with Crippen molar-refractivity contribution in [2.45, 2.75) is 52.5 Å². The number of rotatable bonds is 3. The number of carbonyl (C=O) groups excluding carboxylic acids is 1. The van der Waals surface area contributed by atoms with Gasteiger partial charge in [0.05, 0.1) is 11.4 Å². The Morgan fingerprint density at radius 3 is 2.75 bits per heavy atom. The van der Waals surface area contributed by atoms with Crippen molar-refractivity contribution in [3.63, 3.8) is 0 Å². The smallest absolute Gasteiger partial charge is 0.219 e. The quantitative estimate of drug-likeness (QED) is 0.792. The fourth-order valence-corrected chi connectivity index (χ4v) is 4.34. The molecule has 3 N–H and O–H groups in total. The number of hydrogen-bond donors (Lipinski definition) is 2. The molecule has 0 bridgehead atoms. The van der Waals surface area contributed by atoms with Crippen molar-refractivity contribution in [2.24, 2.45) is 4.99 Å². The second-order valence-corrected chi connectivity index (χ2v) is 7.72. The number of nitrogens with zero attached hydrogens (tertiary/aromatic N) is 2. The highest BCUT2D eigenvalue weighted by molar-refractivity contribution is 6.14.